The number of aryl methyl sites for hydroxylation is 1. The molecule has 8 nitrogen and oxygen atoms in total. The van der Waals surface area contributed by atoms with Crippen LogP contribution in [0.25, 0.3) is 11.3 Å². The van der Waals surface area contributed by atoms with Gasteiger partial charge in [0.25, 0.3) is 5.91 Å². The van der Waals surface area contributed by atoms with Crippen LogP contribution >= 0.6 is 0 Å². The van der Waals surface area contributed by atoms with Gasteiger partial charge in [-0.2, -0.15) is 10.4 Å². The van der Waals surface area contributed by atoms with Gasteiger partial charge in [0.2, 0.25) is 0 Å². The van der Waals surface area contributed by atoms with E-state index in [4.69, 9.17) is 5.26 Å². The van der Waals surface area contributed by atoms with Gasteiger partial charge in [0, 0.05) is 24.8 Å². The highest BCUT2D eigenvalue weighted by Crippen LogP contribution is 2.30. The zero-order valence-corrected chi connectivity index (χ0v) is 17.6. The van der Waals surface area contributed by atoms with Gasteiger partial charge in [0.15, 0.2) is 0 Å². The SMILES string of the molecule is CNC(=O)c1c(-c2ccc(F)c(C)c2)nn2c1CN(C(=O)Nc1ccc(C#N)cc1)CC2. The summed E-state index contributed by atoms with van der Waals surface area (Å²) in [5.74, 6) is -0.651. The molecular weight excluding hydrogens is 411 g/mol. The van der Waals surface area contributed by atoms with Crippen LogP contribution in [-0.2, 0) is 13.1 Å². The van der Waals surface area contributed by atoms with Crippen molar-refractivity contribution < 1.29 is 14.0 Å². The lowest BCUT2D eigenvalue weighted by Gasteiger charge is -2.28. The summed E-state index contributed by atoms with van der Waals surface area (Å²) in [5.41, 5.74) is 3.61. The lowest BCUT2D eigenvalue weighted by atomic mass is 10.0. The molecule has 0 saturated carbocycles. The molecule has 1 aliphatic heterocycles. The number of urea groups is 1. The van der Waals surface area contributed by atoms with Crippen LogP contribution in [0.4, 0.5) is 14.9 Å². The van der Waals surface area contributed by atoms with Crippen LogP contribution in [0.3, 0.4) is 0 Å². The number of amides is 3. The van der Waals surface area contributed by atoms with Gasteiger partial charge in [-0.05, 0) is 55.0 Å². The maximum absolute atomic E-state index is 13.8. The number of nitrogens with one attached hydrogen (secondary N) is 2. The second kappa shape index (κ2) is 8.51. The molecule has 0 atom stereocenters. The first-order valence-corrected chi connectivity index (χ1v) is 10.1. The fourth-order valence-electron chi connectivity index (χ4n) is 3.68. The van der Waals surface area contributed by atoms with Crippen LogP contribution in [0.1, 0.15) is 27.2 Å². The quantitative estimate of drug-likeness (QED) is 0.663. The molecule has 2 N–H and O–H groups in total. The number of nitrogens with zero attached hydrogens (tertiary/aromatic N) is 4. The van der Waals surface area contributed by atoms with E-state index in [-0.39, 0.29) is 24.3 Å². The zero-order chi connectivity index (χ0) is 22.8. The zero-order valence-electron chi connectivity index (χ0n) is 17.6. The smallest absolute Gasteiger partial charge is 0.322 e. The van der Waals surface area contributed by atoms with E-state index in [1.54, 1.807) is 52.9 Å². The molecule has 0 saturated heterocycles. The molecule has 162 valence electrons. The Kier molecular flexibility index (Phi) is 5.60. The minimum Gasteiger partial charge on any atom is -0.355 e. The summed E-state index contributed by atoms with van der Waals surface area (Å²) in [6.45, 7) is 2.67. The topological polar surface area (TPSA) is 103 Å². The molecule has 1 aromatic heterocycles. The van der Waals surface area contributed by atoms with Gasteiger partial charge in [-0.15, -0.1) is 0 Å². The molecule has 32 heavy (non-hydrogen) atoms. The molecule has 3 aromatic rings. The van der Waals surface area contributed by atoms with Gasteiger partial charge in [-0.3, -0.25) is 9.48 Å². The molecule has 0 bridgehead atoms. The lowest BCUT2D eigenvalue weighted by molar-refractivity contribution is 0.0960. The number of carbonyl (C=O) groups is 2. The summed E-state index contributed by atoms with van der Waals surface area (Å²) < 4.78 is 15.5. The summed E-state index contributed by atoms with van der Waals surface area (Å²) in [6.07, 6.45) is 0. The minimum absolute atomic E-state index is 0.193. The lowest BCUT2D eigenvalue weighted by Crippen LogP contribution is -2.41. The first-order valence-electron chi connectivity index (χ1n) is 10.1. The van der Waals surface area contributed by atoms with Gasteiger partial charge in [0.1, 0.15) is 11.5 Å². The van der Waals surface area contributed by atoms with Crippen molar-refractivity contribution in [2.75, 3.05) is 18.9 Å². The fourth-order valence-corrected chi connectivity index (χ4v) is 3.68. The standard InChI is InChI=1S/C23H21FN6O2/c1-14-11-16(5-8-18(14)24)21-20(22(31)26-2)19-13-29(9-10-30(19)28-21)23(32)27-17-6-3-15(12-25)4-7-17/h3-8,11H,9-10,13H2,1-2H3,(H,26,31)(H,27,32). The van der Waals surface area contributed by atoms with Crippen LogP contribution in [0.5, 0.6) is 0 Å². The van der Waals surface area contributed by atoms with Gasteiger partial charge in [-0.25, -0.2) is 9.18 Å². The van der Waals surface area contributed by atoms with Crippen molar-refractivity contribution in [3.63, 3.8) is 0 Å². The Morgan fingerprint density at radius 1 is 1.16 bits per heavy atom. The van der Waals surface area contributed by atoms with Crippen LogP contribution < -0.4 is 10.6 Å². The normalized spacial score (nSPS) is 12.6. The molecule has 9 heteroatoms. The average Bonchev–Trinajstić information content (AvgIpc) is 3.19. The Labute approximate surface area is 184 Å². The van der Waals surface area contributed by atoms with E-state index in [1.807, 2.05) is 6.07 Å². The highest BCUT2D eigenvalue weighted by atomic mass is 19.1. The fraction of sp³-hybridized carbons (Fsp3) is 0.217. The molecule has 4 rings (SSSR count). The van der Waals surface area contributed by atoms with Crippen molar-refractivity contribution in [3.05, 3.63) is 70.7 Å². The van der Waals surface area contributed by atoms with E-state index in [2.05, 4.69) is 15.7 Å². The summed E-state index contributed by atoms with van der Waals surface area (Å²) in [5, 5.41) is 19.0. The van der Waals surface area contributed by atoms with Crippen molar-refractivity contribution in [2.45, 2.75) is 20.0 Å². The molecular formula is C23H21FN6O2. The van der Waals surface area contributed by atoms with Crippen LogP contribution in [-0.4, -0.2) is 40.2 Å². The van der Waals surface area contributed by atoms with Crippen LogP contribution in [0, 0.1) is 24.1 Å². The third kappa shape index (κ3) is 3.90. The van der Waals surface area contributed by atoms with E-state index in [0.717, 1.165) is 0 Å². The van der Waals surface area contributed by atoms with Crippen molar-refractivity contribution in [3.8, 4) is 17.3 Å². The van der Waals surface area contributed by atoms with Crippen LogP contribution in [0.2, 0.25) is 0 Å². The Bertz CT molecular complexity index is 1240. The van der Waals surface area contributed by atoms with Crippen LogP contribution in [0.15, 0.2) is 42.5 Å². The van der Waals surface area contributed by atoms with E-state index in [9.17, 15) is 14.0 Å². The number of rotatable bonds is 3. The predicted molar refractivity (Wildman–Crippen MR) is 116 cm³/mol. The number of halogens is 1. The number of carbonyl (C=O) groups excluding carboxylic acids is 2. The van der Waals surface area contributed by atoms with Gasteiger partial charge in [0.05, 0.1) is 36.0 Å². The second-order valence-corrected chi connectivity index (χ2v) is 7.48. The summed E-state index contributed by atoms with van der Waals surface area (Å²) >= 11 is 0. The Morgan fingerprint density at radius 2 is 1.91 bits per heavy atom. The maximum atomic E-state index is 13.8. The van der Waals surface area contributed by atoms with Gasteiger partial charge < -0.3 is 15.5 Å². The number of benzene rings is 2. The third-order valence-corrected chi connectivity index (χ3v) is 5.42. The highest BCUT2D eigenvalue weighted by Gasteiger charge is 2.30. The number of hydrogen-bond donors (Lipinski definition) is 2. The summed E-state index contributed by atoms with van der Waals surface area (Å²) in [6, 6.07) is 12.9. The van der Waals surface area contributed by atoms with Crippen molar-refractivity contribution in [2.24, 2.45) is 0 Å². The Balaban J connectivity index is 1.63. The third-order valence-electron chi connectivity index (χ3n) is 5.42. The average molecular weight is 432 g/mol. The van der Waals surface area contributed by atoms with Crippen molar-refractivity contribution >= 4 is 17.6 Å². The molecule has 0 radical (unpaired) electrons. The van der Waals surface area contributed by atoms with E-state index in [0.29, 0.717) is 52.4 Å². The van der Waals surface area contributed by atoms with Crippen molar-refractivity contribution in [1.82, 2.24) is 20.0 Å². The Morgan fingerprint density at radius 3 is 2.56 bits per heavy atom. The Hall–Kier alpha value is -4.19. The largest absolute Gasteiger partial charge is 0.355 e. The van der Waals surface area contributed by atoms with Crippen molar-refractivity contribution in [1.29, 1.82) is 5.26 Å². The monoisotopic (exact) mass is 432 g/mol. The number of nitriles is 1. The number of hydrogen-bond acceptors (Lipinski definition) is 4. The first kappa shape index (κ1) is 21.1. The van der Waals surface area contributed by atoms with E-state index >= 15 is 0 Å². The molecule has 2 heterocycles. The number of aromatic nitrogens is 2. The highest BCUT2D eigenvalue weighted by molar-refractivity contribution is 6.01. The van der Waals surface area contributed by atoms with E-state index < -0.39 is 0 Å². The van der Waals surface area contributed by atoms with Gasteiger partial charge in [-0.1, -0.05) is 0 Å². The minimum atomic E-state index is -0.329. The van der Waals surface area contributed by atoms with E-state index in [1.165, 1.54) is 13.1 Å². The number of fused-ring (bicyclic) bond motifs is 1. The molecule has 0 aliphatic carbocycles. The molecule has 1 aliphatic rings. The summed E-state index contributed by atoms with van der Waals surface area (Å²) in [7, 11) is 1.53. The summed E-state index contributed by atoms with van der Waals surface area (Å²) in [4.78, 5) is 27.2. The molecule has 0 unspecified atom stereocenters. The maximum Gasteiger partial charge on any atom is 0.322 e. The molecule has 2 aromatic carbocycles. The second-order valence-electron chi connectivity index (χ2n) is 7.48. The molecule has 0 fully saturated rings. The number of anilines is 1. The first-order chi connectivity index (χ1) is 15.4. The predicted octanol–water partition coefficient (Wildman–Crippen LogP) is 3.28. The molecule has 3 amide bonds. The molecule has 0 spiro atoms. The van der Waals surface area contributed by atoms with Gasteiger partial charge >= 0.3 is 6.03 Å².